The fourth-order valence-corrected chi connectivity index (χ4v) is 1.04. The summed E-state index contributed by atoms with van der Waals surface area (Å²) in [7, 11) is 1.80. The molecule has 1 rings (SSSR count). The number of halogens is 2. The number of nitrogens with zero attached hydrogens (tertiary/aromatic N) is 1. The first-order valence-corrected chi connectivity index (χ1v) is 4.19. The molecule has 0 amide bonds. The molecular weight excluding hydrogens is 172 g/mol. The highest BCUT2D eigenvalue weighted by molar-refractivity contribution is 5.46. The van der Waals surface area contributed by atoms with Crippen LogP contribution in [0.2, 0.25) is 0 Å². The van der Waals surface area contributed by atoms with Gasteiger partial charge in [0.25, 0.3) is 0 Å². The van der Waals surface area contributed by atoms with Gasteiger partial charge in [0.05, 0.1) is 0 Å². The molecule has 0 atom stereocenters. The Labute approximate surface area is 77.0 Å². The van der Waals surface area contributed by atoms with Gasteiger partial charge in [-0.15, -0.1) is 0 Å². The van der Waals surface area contributed by atoms with E-state index in [0.717, 1.165) is 6.07 Å². The summed E-state index contributed by atoms with van der Waals surface area (Å²) < 4.78 is 25.6. The van der Waals surface area contributed by atoms with E-state index in [2.05, 4.69) is 0 Å². The van der Waals surface area contributed by atoms with E-state index < -0.39 is 11.6 Å². The van der Waals surface area contributed by atoms with Crippen LogP contribution < -0.4 is 4.90 Å². The Balaban J connectivity index is 3.01. The van der Waals surface area contributed by atoms with Crippen LogP contribution in [0.15, 0.2) is 18.2 Å². The van der Waals surface area contributed by atoms with Crippen molar-refractivity contribution in [3.05, 3.63) is 29.8 Å². The lowest BCUT2D eigenvalue weighted by Gasteiger charge is -2.23. The normalized spacial score (nSPS) is 10.6. The zero-order chi connectivity index (χ0) is 10.0. The zero-order valence-corrected chi connectivity index (χ0v) is 8.01. The molecule has 0 saturated carbocycles. The maximum absolute atomic E-state index is 12.8. The van der Waals surface area contributed by atoms with Gasteiger partial charge in [-0.05, 0) is 26.0 Å². The van der Waals surface area contributed by atoms with Crippen molar-refractivity contribution >= 4 is 5.69 Å². The van der Waals surface area contributed by atoms with Gasteiger partial charge in [-0.25, -0.2) is 8.78 Å². The third-order valence-electron chi connectivity index (χ3n) is 2.03. The molecule has 0 unspecified atom stereocenters. The first-order chi connectivity index (χ1) is 6.00. The van der Waals surface area contributed by atoms with Crippen molar-refractivity contribution in [3.8, 4) is 0 Å². The molecule has 1 aromatic carbocycles. The van der Waals surface area contributed by atoms with Crippen molar-refractivity contribution < 1.29 is 8.78 Å². The number of hydrogen-bond donors (Lipinski definition) is 0. The Morgan fingerprint density at radius 1 is 1.08 bits per heavy atom. The van der Waals surface area contributed by atoms with Gasteiger partial charge in [-0.2, -0.15) is 0 Å². The molecule has 0 spiro atoms. The minimum Gasteiger partial charge on any atom is -0.372 e. The Hall–Kier alpha value is -1.12. The first-order valence-electron chi connectivity index (χ1n) is 4.19. The van der Waals surface area contributed by atoms with E-state index in [1.165, 1.54) is 12.1 Å². The first kappa shape index (κ1) is 9.96. The van der Waals surface area contributed by atoms with Crippen molar-refractivity contribution in [2.75, 3.05) is 11.9 Å². The molecule has 0 aliphatic rings. The molecule has 0 heterocycles. The Bertz CT molecular complexity index is 277. The smallest absolute Gasteiger partial charge is 0.128 e. The Morgan fingerprint density at radius 3 is 1.92 bits per heavy atom. The van der Waals surface area contributed by atoms with Crippen molar-refractivity contribution in [1.29, 1.82) is 0 Å². The molecule has 1 nitrogen and oxygen atoms in total. The summed E-state index contributed by atoms with van der Waals surface area (Å²) in [5.74, 6) is -1.08. The maximum atomic E-state index is 12.8. The average molecular weight is 185 g/mol. The third-order valence-corrected chi connectivity index (χ3v) is 2.03. The van der Waals surface area contributed by atoms with Crippen molar-refractivity contribution in [2.24, 2.45) is 0 Å². The summed E-state index contributed by atoms with van der Waals surface area (Å²) in [6.07, 6.45) is 0. The van der Waals surface area contributed by atoms with Crippen molar-refractivity contribution in [3.63, 3.8) is 0 Å². The Kier molecular flexibility index (Phi) is 2.86. The molecule has 0 radical (unpaired) electrons. The van der Waals surface area contributed by atoms with Crippen LogP contribution in [-0.2, 0) is 0 Å². The number of benzene rings is 1. The van der Waals surface area contributed by atoms with Gasteiger partial charge in [-0.1, -0.05) is 0 Å². The molecule has 0 fully saturated rings. The highest BCUT2D eigenvalue weighted by atomic mass is 19.1. The van der Waals surface area contributed by atoms with Gasteiger partial charge in [0.2, 0.25) is 0 Å². The second kappa shape index (κ2) is 3.73. The van der Waals surface area contributed by atoms with Gasteiger partial charge in [0, 0.05) is 24.8 Å². The molecule has 1 aromatic rings. The standard InChI is InChI=1S/C10H13F2N/c1-7(2)13(3)10-5-8(11)4-9(12)6-10/h4-7H,1-3H3. The molecule has 0 N–H and O–H groups in total. The van der Waals surface area contributed by atoms with Crippen LogP contribution in [0, 0.1) is 11.6 Å². The Morgan fingerprint density at radius 2 is 1.54 bits per heavy atom. The highest BCUT2D eigenvalue weighted by Gasteiger charge is 2.07. The van der Waals surface area contributed by atoms with Gasteiger partial charge in [0.1, 0.15) is 11.6 Å². The topological polar surface area (TPSA) is 3.24 Å². The minimum atomic E-state index is -0.539. The summed E-state index contributed by atoms with van der Waals surface area (Å²) >= 11 is 0. The molecular formula is C10H13F2N. The fraction of sp³-hybridized carbons (Fsp3) is 0.400. The maximum Gasteiger partial charge on any atom is 0.128 e. The van der Waals surface area contributed by atoms with E-state index in [9.17, 15) is 8.78 Å². The molecule has 0 bridgehead atoms. The van der Waals surface area contributed by atoms with E-state index in [-0.39, 0.29) is 6.04 Å². The van der Waals surface area contributed by atoms with Crippen LogP contribution in [0.4, 0.5) is 14.5 Å². The van der Waals surface area contributed by atoms with E-state index in [0.29, 0.717) is 5.69 Å². The van der Waals surface area contributed by atoms with Crippen LogP contribution >= 0.6 is 0 Å². The fourth-order valence-electron chi connectivity index (χ4n) is 1.04. The predicted molar refractivity (Wildman–Crippen MR) is 49.9 cm³/mol. The summed E-state index contributed by atoms with van der Waals surface area (Å²) in [6, 6.07) is 3.74. The van der Waals surface area contributed by atoms with Crippen LogP contribution in [0.3, 0.4) is 0 Å². The lowest BCUT2D eigenvalue weighted by molar-refractivity contribution is 0.581. The summed E-state index contributed by atoms with van der Waals surface area (Å²) in [5.41, 5.74) is 0.563. The lowest BCUT2D eigenvalue weighted by Crippen LogP contribution is -2.25. The van der Waals surface area contributed by atoms with E-state index in [1.807, 2.05) is 18.7 Å². The molecule has 0 saturated heterocycles. The summed E-state index contributed by atoms with van der Waals surface area (Å²) in [4.78, 5) is 1.81. The molecule has 0 aliphatic carbocycles. The van der Waals surface area contributed by atoms with Crippen molar-refractivity contribution in [1.82, 2.24) is 0 Å². The third kappa shape index (κ3) is 2.41. The molecule has 3 heteroatoms. The summed E-state index contributed by atoms with van der Waals surface area (Å²) in [6.45, 7) is 3.92. The van der Waals surface area contributed by atoms with E-state index >= 15 is 0 Å². The quantitative estimate of drug-likeness (QED) is 0.684. The van der Waals surface area contributed by atoms with Gasteiger partial charge in [-0.3, -0.25) is 0 Å². The minimum absolute atomic E-state index is 0.223. The lowest BCUT2D eigenvalue weighted by atomic mass is 10.2. The van der Waals surface area contributed by atoms with Crippen molar-refractivity contribution in [2.45, 2.75) is 19.9 Å². The second-order valence-electron chi connectivity index (χ2n) is 3.33. The largest absolute Gasteiger partial charge is 0.372 e. The monoisotopic (exact) mass is 185 g/mol. The van der Waals surface area contributed by atoms with Crippen LogP contribution in [0.5, 0.6) is 0 Å². The van der Waals surface area contributed by atoms with Crippen LogP contribution in [0.1, 0.15) is 13.8 Å². The highest BCUT2D eigenvalue weighted by Crippen LogP contribution is 2.18. The second-order valence-corrected chi connectivity index (χ2v) is 3.33. The van der Waals surface area contributed by atoms with Gasteiger partial charge in [0.15, 0.2) is 0 Å². The SMILES string of the molecule is CC(C)N(C)c1cc(F)cc(F)c1. The molecule has 13 heavy (non-hydrogen) atoms. The molecule has 0 aliphatic heterocycles. The van der Waals surface area contributed by atoms with Gasteiger partial charge < -0.3 is 4.90 Å². The molecule has 72 valence electrons. The van der Waals surface area contributed by atoms with Gasteiger partial charge >= 0.3 is 0 Å². The average Bonchev–Trinajstić information content (AvgIpc) is 2.01. The van der Waals surface area contributed by atoms with E-state index in [4.69, 9.17) is 0 Å². The number of anilines is 1. The van der Waals surface area contributed by atoms with Crippen LogP contribution in [0.25, 0.3) is 0 Å². The number of rotatable bonds is 2. The zero-order valence-electron chi connectivity index (χ0n) is 8.01. The number of hydrogen-bond acceptors (Lipinski definition) is 1. The van der Waals surface area contributed by atoms with Crippen LogP contribution in [-0.4, -0.2) is 13.1 Å². The predicted octanol–water partition coefficient (Wildman–Crippen LogP) is 2.81. The molecule has 0 aromatic heterocycles. The summed E-state index contributed by atoms with van der Waals surface area (Å²) in [5, 5.41) is 0. The van der Waals surface area contributed by atoms with E-state index in [1.54, 1.807) is 7.05 Å².